The summed E-state index contributed by atoms with van der Waals surface area (Å²) in [5, 5.41) is 6.14. The molecule has 0 saturated heterocycles. The van der Waals surface area contributed by atoms with Gasteiger partial charge in [0.15, 0.2) is 0 Å². The molecule has 1 heterocycles. The second-order valence-electron chi connectivity index (χ2n) is 6.37. The summed E-state index contributed by atoms with van der Waals surface area (Å²) < 4.78 is 3.44. The molecule has 0 bridgehead atoms. The predicted molar refractivity (Wildman–Crippen MR) is 104 cm³/mol. The van der Waals surface area contributed by atoms with Crippen molar-refractivity contribution in [2.45, 2.75) is 20.0 Å². The number of allylic oxidation sites excluding steroid dienone is 1. The Labute approximate surface area is 151 Å². The van der Waals surface area contributed by atoms with Gasteiger partial charge in [-0.3, -0.25) is 14.2 Å². The Kier molecular flexibility index (Phi) is 4.93. The molecule has 3 rings (SSSR count). The minimum atomic E-state index is -0.314. The van der Waals surface area contributed by atoms with Crippen LogP contribution < -0.4 is 16.2 Å². The van der Waals surface area contributed by atoms with Crippen LogP contribution in [0.2, 0.25) is 0 Å². The highest BCUT2D eigenvalue weighted by Crippen LogP contribution is 2.18. The first kappa shape index (κ1) is 17.5. The quantitative estimate of drug-likeness (QED) is 0.694. The molecule has 0 aliphatic carbocycles. The van der Waals surface area contributed by atoms with Gasteiger partial charge in [-0.05, 0) is 30.7 Å². The average molecular weight is 350 g/mol. The molecule has 0 radical (unpaired) electrons. The summed E-state index contributed by atoms with van der Waals surface area (Å²) in [6.07, 6.45) is 0. The molecule has 26 heavy (non-hydrogen) atoms. The van der Waals surface area contributed by atoms with Crippen LogP contribution in [-0.2, 0) is 20.1 Å². The minimum absolute atomic E-state index is 0.102. The molecule has 0 aliphatic heterocycles. The zero-order valence-electron chi connectivity index (χ0n) is 15.0. The van der Waals surface area contributed by atoms with Gasteiger partial charge in [0.25, 0.3) is 5.56 Å². The number of benzene rings is 2. The van der Waals surface area contributed by atoms with Crippen molar-refractivity contribution in [3.63, 3.8) is 0 Å². The molecule has 0 aliphatic rings. The number of anilines is 1. The lowest BCUT2D eigenvalue weighted by Crippen LogP contribution is -2.28. The lowest BCUT2D eigenvalue weighted by atomic mass is 10.2. The molecule has 0 saturated carbocycles. The van der Waals surface area contributed by atoms with Crippen LogP contribution in [-0.4, -0.2) is 15.4 Å². The van der Waals surface area contributed by atoms with Crippen molar-refractivity contribution in [2.24, 2.45) is 7.05 Å². The molecule has 0 fully saturated rings. The zero-order valence-corrected chi connectivity index (χ0v) is 15.0. The first-order chi connectivity index (χ1) is 12.5. The smallest absolute Gasteiger partial charge is 0.319 e. The van der Waals surface area contributed by atoms with Gasteiger partial charge in [0.2, 0.25) is 0 Å². The first-order valence-corrected chi connectivity index (χ1v) is 8.38. The van der Waals surface area contributed by atoms with E-state index < -0.39 is 0 Å². The van der Waals surface area contributed by atoms with Gasteiger partial charge in [-0.1, -0.05) is 42.5 Å². The fourth-order valence-corrected chi connectivity index (χ4v) is 2.86. The minimum Gasteiger partial charge on any atom is -0.334 e. The lowest BCUT2D eigenvalue weighted by molar-refractivity contribution is 0.251. The summed E-state index contributed by atoms with van der Waals surface area (Å²) >= 11 is 0. The van der Waals surface area contributed by atoms with Crippen LogP contribution in [0.25, 0.3) is 10.9 Å². The highest BCUT2D eigenvalue weighted by molar-refractivity contribution is 5.92. The van der Waals surface area contributed by atoms with E-state index in [4.69, 9.17) is 0 Å². The van der Waals surface area contributed by atoms with Crippen molar-refractivity contribution in [1.29, 1.82) is 0 Å². The molecule has 0 unspecified atom stereocenters. The maximum Gasteiger partial charge on any atom is 0.319 e. The van der Waals surface area contributed by atoms with Crippen molar-refractivity contribution in [3.8, 4) is 0 Å². The molecule has 3 aromatic rings. The van der Waals surface area contributed by atoms with Crippen LogP contribution in [0.5, 0.6) is 0 Å². The molecule has 2 aromatic carbocycles. The number of nitrogens with one attached hydrogen (secondary N) is 2. The molecule has 6 nitrogen and oxygen atoms in total. The van der Waals surface area contributed by atoms with Gasteiger partial charge in [-0.25, -0.2) is 4.79 Å². The molecule has 0 atom stereocenters. The van der Waals surface area contributed by atoms with Gasteiger partial charge in [0, 0.05) is 19.3 Å². The van der Waals surface area contributed by atoms with E-state index in [2.05, 4.69) is 17.2 Å². The summed E-state index contributed by atoms with van der Waals surface area (Å²) in [7, 11) is 1.73. The van der Waals surface area contributed by atoms with Crippen molar-refractivity contribution < 1.29 is 4.79 Å². The third-order valence-electron chi connectivity index (χ3n) is 4.13. The van der Waals surface area contributed by atoms with Crippen LogP contribution >= 0.6 is 0 Å². The second-order valence-corrected chi connectivity index (χ2v) is 6.37. The Morgan fingerprint density at radius 2 is 1.88 bits per heavy atom. The largest absolute Gasteiger partial charge is 0.334 e. The van der Waals surface area contributed by atoms with Gasteiger partial charge in [-0.15, -0.1) is 0 Å². The number of amides is 2. The number of carbonyl (C=O) groups excluding carboxylic acids is 1. The summed E-state index contributed by atoms with van der Waals surface area (Å²) in [5.74, 6) is 0. The molecule has 134 valence electrons. The van der Waals surface area contributed by atoms with Gasteiger partial charge in [-0.2, -0.15) is 0 Å². The predicted octanol–water partition coefficient (Wildman–Crippen LogP) is 3.24. The van der Waals surface area contributed by atoms with Crippen molar-refractivity contribution in [2.75, 3.05) is 5.32 Å². The Hall–Kier alpha value is -3.28. The Morgan fingerprint density at radius 3 is 2.58 bits per heavy atom. The van der Waals surface area contributed by atoms with E-state index in [1.807, 2.05) is 48.0 Å². The number of fused-ring (bicyclic) bond motifs is 1. The van der Waals surface area contributed by atoms with Crippen LogP contribution in [0.3, 0.4) is 0 Å². The Morgan fingerprint density at radius 1 is 1.15 bits per heavy atom. The zero-order chi connectivity index (χ0) is 18.7. The fraction of sp³-hybridized carbons (Fsp3) is 0.200. The van der Waals surface area contributed by atoms with E-state index in [1.165, 1.54) is 0 Å². The molecule has 2 amide bonds. The number of aromatic nitrogens is 2. The van der Waals surface area contributed by atoms with Gasteiger partial charge in [0.05, 0.1) is 17.4 Å². The molecule has 1 aromatic heterocycles. The number of carbonyl (C=O) groups is 1. The monoisotopic (exact) mass is 350 g/mol. The summed E-state index contributed by atoms with van der Waals surface area (Å²) in [6, 6.07) is 14.7. The summed E-state index contributed by atoms with van der Waals surface area (Å²) in [4.78, 5) is 24.6. The van der Waals surface area contributed by atoms with E-state index in [0.717, 1.165) is 16.7 Å². The standard InChI is InChI=1S/C20H22N4O2/c1-14(2)13-24-18-10-9-16(11-17(18)19(25)23(24)3)22-20(26)21-12-15-7-5-4-6-8-15/h4-11H,1,12-13H2,2-3H3,(H2,21,22,26). The topological polar surface area (TPSA) is 68.1 Å². The van der Waals surface area contributed by atoms with E-state index in [0.29, 0.717) is 24.2 Å². The lowest BCUT2D eigenvalue weighted by Gasteiger charge is -2.09. The number of rotatable bonds is 5. The number of urea groups is 1. The van der Waals surface area contributed by atoms with Crippen LogP contribution in [0, 0.1) is 0 Å². The van der Waals surface area contributed by atoms with Gasteiger partial charge in [0.1, 0.15) is 0 Å². The van der Waals surface area contributed by atoms with Crippen molar-refractivity contribution >= 4 is 22.6 Å². The van der Waals surface area contributed by atoms with E-state index in [9.17, 15) is 9.59 Å². The third-order valence-corrected chi connectivity index (χ3v) is 4.13. The maximum atomic E-state index is 12.5. The normalized spacial score (nSPS) is 10.7. The number of hydrogen-bond acceptors (Lipinski definition) is 2. The van der Waals surface area contributed by atoms with Gasteiger partial charge < -0.3 is 10.6 Å². The SMILES string of the molecule is C=C(C)Cn1c2ccc(NC(=O)NCc3ccccc3)cc2c(=O)n1C. The molecular weight excluding hydrogens is 328 g/mol. The van der Waals surface area contributed by atoms with Crippen molar-refractivity contribution in [1.82, 2.24) is 14.7 Å². The van der Waals surface area contributed by atoms with Crippen LogP contribution in [0.1, 0.15) is 12.5 Å². The van der Waals surface area contributed by atoms with E-state index in [1.54, 1.807) is 23.9 Å². The van der Waals surface area contributed by atoms with Crippen molar-refractivity contribution in [3.05, 3.63) is 76.6 Å². The molecule has 2 N–H and O–H groups in total. The summed E-state index contributed by atoms with van der Waals surface area (Å²) in [6.45, 7) is 6.83. The first-order valence-electron chi connectivity index (χ1n) is 8.38. The highest BCUT2D eigenvalue weighted by Gasteiger charge is 2.12. The second kappa shape index (κ2) is 7.31. The molecule has 6 heteroatoms. The average Bonchev–Trinajstić information content (AvgIpc) is 2.85. The van der Waals surface area contributed by atoms with Crippen LogP contribution in [0.4, 0.5) is 10.5 Å². The fourth-order valence-electron chi connectivity index (χ4n) is 2.86. The highest BCUT2D eigenvalue weighted by atomic mass is 16.2. The van der Waals surface area contributed by atoms with E-state index >= 15 is 0 Å². The maximum absolute atomic E-state index is 12.5. The molecular formula is C20H22N4O2. The van der Waals surface area contributed by atoms with Crippen LogP contribution in [0.15, 0.2) is 65.5 Å². The van der Waals surface area contributed by atoms with Gasteiger partial charge >= 0.3 is 6.03 Å². The number of nitrogens with zero attached hydrogens (tertiary/aromatic N) is 2. The number of hydrogen-bond donors (Lipinski definition) is 2. The third kappa shape index (κ3) is 3.69. The Bertz CT molecular complexity index is 1020. The van der Waals surface area contributed by atoms with E-state index in [-0.39, 0.29) is 11.6 Å². The molecule has 0 spiro atoms. The Balaban J connectivity index is 1.77. The summed E-state index contributed by atoms with van der Waals surface area (Å²) in [5.41, 5.74) is 3.27.